The molecular formula is C24H21N3O3. The first kappa shape index (κ1) is 19.4. The van der Waals surface area contributed by atoms with Crippen molar-refractivity contribution in [2.75, 3.05) is 12.1 Å². The van der Waals surface area contributed by atoms with Crippen molar-refractivity contribution in [1.82, 2.24) is 4.98 Å². The molecule has 0 radical (unpaired) electrons. The number of hydrogen-bond acceptors (Lipinski definition) is 5. The van der Waals surface area contributed by atoms with E-state index in [9.17, 15) is 9.90 Å². The number of pyridine rings is 1. The molecule has 6 nitrogen and oxygen atoms in total. The summed E-state index contributed by atoms with van der Waals surface area (Å²) in [5.74, 6) is 0.435. The fraction of sp³-hybridized carbons (Fsp3) is 0.125. The summed E-state index contributed by atoms with van der Waals surface area (Å²) in [6, 6.07) is 20.3. The molecule has 2 heterocycles. The third kappa shape index (κ3) is 4.07. The second kappa shape index (κ2) is 8.61. The Labute approximate surface area is 174 Å². The number of anilines is 1. The topological polar surface area (TPSA) is 75.0 Å². The van der Waals surface area contributed by atoms with Gasteiger partial charge >= 0.3 is 0 Å². The summed E-state index contributed by atoms with van der Waals surface area (Å²) < 4.78 is 5.16. The minimum atomic E-state index is -0.412. The second-order valence-electron chi connectivity index (χ2n) is 6.87. The molecule has 1 atom stereocenters. The number of ether oxygens (including phenoxy) is 1. The Balaban J connectivity index is 1.66. The number of methoxy groups -OCH3 is 1. The van der Waals surface area contributed by atoms with E-state index < -0.39 is 5.92 Å². The van der Waals surface area contributed by atoms with Gasteiger partial charge in [0.05, 0.1) is 18.7 Å². The average molecular weight is 399 g/mol. The number of aromatic nitrogens is 1. The summed E-state index contributed by atoms with van der Waals surface area (Å²) in [6.45, 7) is 0. The Bertz CT molecular complexity index is 1100. The molecule has 1 aromatic heterocycles. The standard InChI is InChI=1S/C24H21N3O3/c1-30-22-16-18(11-13-21(22)28)10-12-20-19(15-17-7-3-2-4-8-17)24(29)27(26-20)23-9-5-6-14-25-23/h2-14,16,19,28H,15H2,1H3/b12-10+. The number of hydrogen-bond donors (Lipinski definition) is 1. The highest BCUT2D eigenvalue weighted by atomic mass is 16.5. The van der Waals surface area contributed by atoms with Gasteiger partial charge in [0, 0.05) is 6.20 Å². The summed E-state index contributed by atoms with van der Waals surface area (Å²) in [4.78, 5) is 17.4. The lowest BCUT2D eigenvalue weighted by atomic mass is 9.94. The Kier molecular flexibility index (Phi) is 5.57. The van der Waals surface area contributed by atoms with Crippen LogP contribution in [0.1, 0.15) is 11.1 Å². The molecule has 4 rings (SSSR count). The lowest BCUT2D eigenvalue weighted by Gasteiger charge is -2.13. The van der Waals surface area contributed by atoms with Crippen LogP contribution in [0.25, 0.3) is 6.08 Å². The molecule has 1 N–H and O–H groups in total. The van der Waals surface area contributed by atoms with E-state index in [0.29, 0.717) is 23.7 Å². The van der Waals surface area contributed by atoms with Crippen LogP contribution in [0.15, 0.2) is 84.1 Å². The number of phenols is 1. The minimum Gasteiger partial charge on any atom is -0.504 e. The molecule has 1 aliphatic rings. The molecule has 150 valence electrons. The lowest BCUT2D eigenvalue weighted by molar-refractivity contribution is -0.119. The van der Waals surface area contributed by atoms with Crippen molar-refractivity contribution < 1.29 is 14.6 Å². The highest BCUT2D eigenvalue weighted by Crippen LogP contribution is 2.28. The van der Waals surface area contributed by atoms with Gasteiger partial charge in [-0.25, -0.2) is 4.98 Å². The molecule has 0 bridgehead atoms. The van der Waals surface area contributed by atoms with Crippen LogP contribution in [0.3, 0.4) is 0 Å². The van der Waals surface area contributed by atoms with Gasteiger partial charge in [0.25, 0.3) is 5.91 Å². The highest BCUT2D eigenvalue weighted by molar-refractivity contribution is 6.20. The van der Waals surface area contributed by atoms with Crippen LogP contribution in [0.4, 0.5) is 5.82 Å². The van der Waals surface area contributed by atoms with Gasteiger partial charge in [-0.05, 0) is 47.9 Å². The van der Waals surface area contributed by atoms with E-state index in [-0.39, 0.29) is 11.7 Å². The van der Waals surface area contributed by atoms with Crippen molar-refractivity contribution >= 4 is 23.5 Å². The molecule has 1 amide bonds. The number of amides is 1. The van der Waals surface area contributed by atoms with E-state index in [1.807, 2.05) is 48.6 Å². The molecule has 30 heavy (non-hydrogen) atoms. The van der Waals surface area contributed by atoms with Crippen molar-refractivity contribution in [2.24, 2.45) is 11.0 Å². The van der Waals surface area contributed by atoms with Crippen molar-refractivity contribution in [3.05, 3.63) is 90.1 Å². The van der Waals surface area contributed by atoms with Gasteiger partial charge in [-0.2, -0.15) is 10.1 Å². The fourth-order valence-electron chi connectivity index (χ4n) is 3.32. The Morgan fingerprint density at radius 1 is 1.07 bits per heavy atom. The largest absolute Gasteiger partial charge is 0.504 e. The minimum absolute atomic E-state index is 0.0753. The second-order valence-corrected chi connectivity index (χ2v) is 6.87. The molecule has 0 aliphatic carbocycles. The summed E-state index contributed by atoms with van der Waals surface area (Å²) in [5, 5.41) is 15.7. The predicted molar refractivity (Wildman–Crippen MR) is 116 cm³/mol. The zero-order chi connectivity index (χ0) is 20.9. The van der Waals surface area contributed by atoms with Crippen LogP contribution in [0, 0.1) is 5.92 Å². The van der Waals surface area contributed by atoms with Crippen molar-refractivity contribution in [3.63, 3.8) is 0 Å². The van der Waals surface area contributed by atoms with Crippen LogP contribution in [-0.4, -0.2) is 28.8 Å². The third-order valence-corrected chi connectivity index (χ3v) is 4.88. The fourth-order valence-corrected chi connectivity index (χ4v) is 3.32. The maximum atomic E-state index is 13.2. The first-order valence-corrected chi connectivity index (χ1v) is 9.58. The number of carbonyl (C=O) groups excluding carboxylic acids is 1. The van der Waals surface area contributed by atoms with Gasteiger partial charge in [0.2, 0.25) is 0 Å². The van der Waals surface area contributed by atoms with Crippen molar-refractivity contribution in [3.8, 4) is 11.5 Å². The summed E-state index contributed by atoms with van der Waals surface area (Å²) in [7, 11) is 1.50. The van der Waals surface area contributed by atoms with Gasteiger partial charge in [0.15, 0.2) is 17.3 Å². The van der Waals surface area contributed by atoms with Gasteiger partial charge < -0.3 is 9.84 Å². The highest BCUT2D eigenvalue weighted by Gasteiger charge is 2.36. The van der Waals surface area contributed by atoms with E-state index in [4.69, 9.17) is 4.74 Å². The number of aromatic hydroxyl groups is 1. The molecule has 6 heteroatoms. The molecule has 0 fully saturated rings. The van der Waals surface area contributed by atoms with Gasteiger partial charge in [-0.15, -0.1) is 0 Å². The number of rotatable bonds is 6. The number of carbonyl (C=O) groups is 1. The number of nitrogens with zero attached hydrogens (tertiary/aromatic N) is 3. The first-order chi connectivity index (χ1) is 14.7. The van der Waals surface area contributed by atoms with Gasteiger partial charge in [-0.1, -0.05) is 48.5 Å². The van der Waals surface area contributed by atoms with Crippen LogP contribution in [0.5, 0.6) is 11.5 Å². The average Bonchev–Trinajstić information content (AvgIpc) is 3.10. The monoisotopic (exact) mass is 399 g/mol. The number of allylic oxidation sites excluding steroid dienone is 1. The van der Waals surface area contributed by atoms with E-state index in [0.717, 1.165) is 11.1 Å². The number of phenolic OH excluding ortho intramolecular Hbond substituents is 1. The molecule has 0 saturated carbocycles. The number of hydrazone groups is 1. The van der Waals surface area contributed by atoms with E-state index in [1.165, 1.54) is 12.1 Å². The summed E-state index contributed by atoms with van der Waals surface area (Å²) >= 11 is 0. The molecule has 3 aromatic rings. The quantitative estimate of drug-likeness (QED) is 0.678. The number of benzene rings is 2. The summed E-state index contributed by atoms with van der Waals surface area (Å²) in [5.41, 5.74) is 2.54. The maximum absolute atomic E-state index is 13.2. The smallest absolute Gasteiger partial charge is 0.258 e. The molecule has 0 spiro atoms. The van der Waals surface area contributed by atoms with Gasteiger partial charge in [-0.3, -0.25) is 4.79 Å². The summed E-state index contributed by atoms with van der Waals surface area (Å²) in [6.07, 6.45) is 5.88. The molecular weight excluding hydrogens is 378 g/mol. The van der Waals surface area contributed by atoms with Crippen LogP contribution >= 0.6 is 0 Å². The van der Waals surface area contributed by atoms with Crippen LogP contribution in [0.2, 0.25) is 0 Å². The SMILES string of the molecule is COc1cc(/C=C/C2=NN(c3ccccn3)C(=O)C2Cc2ccccc2)ccc1O. The Morgan fingerprint density at radius 3 is 2.60 bits per heavy atom. The normalized spacial score (nSPS) is 16.2. The predicted octanol–water partition coefficient (Wildman–Crippen LogP) is 4.07. The molecule has 1 aliphatic heterocycles. The van der Waals surface area contributed by atoms with E-state index in [2.05, 4.69) is 10.1 Å². The van der Waals surface area contributed by atoms with Crippen molar-refractivity contribution in [1.29, 1.82) is 0 Å². The van der Waals surface area contributed by atoms with Crippen LogP contribution < -0.4 is 9.75 Å². The Morgan fingerprint density at radius 2 is 1.87 bits per heavy atom. The molecule has 1 unspecified atom stereocenters. The first-order valence-electron chi connectivity index (χ1n) is 9.58. The zero-order valence-corrected chi connectivity index (χ0v) is 16.5. The van der Waals surface area contributed by atoms with E-state index in [1.54, 1.807) is 36.5 Å². The van der Waals surface area contributed by atoms with Crippen molar-refractivity contribution in [2.45, 2.75) is 6.42 Å². The molecule has 0 saturated heterocycles. The van der Waals surface area contributed by atoms with Gasteiger partial charge in [0.1, 0.15) is 0 Å². The molecule has 2 aromatic carbocycles. The maximum Gasteiger partial charge on any atom is 0.258 e. The Hall–Kier alpha value is -3.93. The zero-order valence-electron chi connectivity index (χ0n) is 16.5. The lowest BCUT2D eigenvalue weighted by Crippen LogP contribution is -2.29. The third-order valence-electron chi connectivity index (χ3n) is 4.88. The van der Waals surface area contributed by atoms with E-state index >= 15 is 0 Å². The van der Waals surface area contributed by atoms with Crippen LogP contribution in [-0.2, 0) is 11.2 Å².